The summed E-state index contributed by atoms with van der Waals surface area (Å²) in [6.45, 7) is 0.684. The van der Waals surface area contributed by atoms with Crippen LogP contribution in [0, 0.1) is 5.82 Å². The van der Waals surface area contributed by atoms with E-state index in [0.29, 0.717) is 12.1 Å². The largest absolute Gasteiger partial charge is 0.330 e. The average molecular weight is 229 g/mol. The molecule has 2 rings (SSSR count). The van der Waals surface area contributed by atoms with Gasteiger partial charge in [0.25, 0.3) is 0 Å². The summed E-state index contributed by atoms with van der Waals surface area (Å²) in [5.41, 5.74) is 8.28. The second-order valence-electron chi connectivity index (χ2n) is 4.07. The van der Waals surface area contributed by atoms with Crippen LogP contribution in [-0.2, 0) is 6.42 Å². The predicted octanol–water partition coefficient (Wildman–Crippen LogP) is 3.38. The van der Waals surface area contributed by atoms with Gasteiger partial charge < -0.3 is 5.73 Å². The Hall–Kier alpha value is -1.67. The third-order valence-corrected chi connectivity index (χ3v) is 2.78. The van der Waals surface area contributed by atoms with Crippen molar-refractivity contribution in [2.75, 3.05) is 6.54 Å². The molecule has 0 radical (unpaired) electrons. The zero-order chi connectivity index (χ0) is 12.1. The van der Waals surface area contributed by atoms with Crippen LogP contribution in [0.3, 0.4) is 0 Å². The van der Waals surface area contributed by atoms with Crippen LogP contribution in [0.2, 0.25) is 0 Å². The molecule has 0 spiro atoms. The van der Waals surface area contributed by atoms with Gasteiger partial charge in [0.15, 0.2) is 0 Å². The van der Waals surface area contributed by atoms with E-state index in [1.54, 1.807) is 12.1 Å². The van der Waals surface area contributed by atoms with E-state index in [-0.39, 0.29) is 5.82 Å². The molecule has 0 unspecified atom stereocenters. The van der Waals surface area contributed by atoms with Gasteiger partial charge in [-0.3, -0.25) is 0 Å². The van der Waals surface area contributed by atoms with E-state index in [4.69, 9.17) is 5.73 Å². The molecule has 0 bridgehead atoms. The van der Waals surface area contributed by atoms with Gasteiger partial charge in [-0.15, -0.1) is 0 Å². The standard InChI is InChI=1S/C15H16FN/c16-15-9-2-1-8-14(15)13-7-3-5-12(11-13)6-4-10-17/h1-3,5,7-9,11H,4,6,10,17H2. The number of aryl methyl sites for hydroxylation is 1. The summed E-state index contributed by atoms with van der Waals surface area (Å²) in [5.74, 6) is -0.177. The van der Waals surface area contributed by atoms with Gasteiger partial charge in [0, 0.05) is 5.56 Å². The maximum atomic E-state index is 13.6. The van der Waals surface area contributed by atoms with E-state index in [1.165, 1.54) is 11.6 Å². The van der Waals surface area contributed by atoms with E-state index in [1.807, 2.05) is 24.3 Å². The maximum Gasteiger partial charge on any atom is 0.131 e. The summed E-state index contributed by atoms with van der Waals surface area (Å²) in [5, 5.41) is 0. The monoisotopic (exact) mass is 229 g/mol. The fourth-order valence-corrected chi connectivity index (χ4v) is 1.90. The second kappa shape index (κ2) is 5.60. The van der Waals surface area contributed by atoms with Crippen LogP contribution in [0.15, 0.2) is 48.5 Å². The number of nitrogens with two attached hydrogens (primary N) is 1. The molecule has 0 aliphatic rings. The summed E-state index contributed by atoms with van der Waals surface area (Å²) in [6.07, 6.45) is 1.90. The summed E-state index contributed by atoms with van der Waals surface area (Å²) in [7, 11) is 0. The van der Waals surface area contributed by atoms with Crippen molar-refractivity contribution in [1.82, 2.24) is 0 Å². The summed E-state index contributed by atoms with van der Waals surface area (Å²) in [6, 6.07) is 14.8. The lowest BCUT2D eigenvalue weighted by atomic mass is 10.0. The molecule has 0 aromatic heterocycles. The molecule has 2 N–H and O–H groups in total. The Balaban J connectivity index is 2.30. The van der Waals surface area contributed by atoms with Crippen LogP contribution < -0.4 is 5.73 Å². The molecular formula is C15H16FN. The Bertz CT molecular complexity index is 494. The molecule has 0 fully saturated rings. The number of rotatable bonds is 4. The van der Waals surface area contributed by atoms with Crippen molar-refractivity contribution in [2.24, 2.45) is 5.73 Å². The maximum absolute atomic E-state index is 13.6. The summed E-state index contributed by atoms with van der Waals surface area (Å²) < 4.78 is 13.6. The first kappa shape index (κ1) is 11.8. The Kier molecular flexibility index (Phi) is 3.89. The first-order valence-electron chi connectivity index (χ1n) is 5.85. The molecule has 0 saturated heterocycles. The highest BCUT2D eigenvalue weighted by Crippen LogP contribution is 2.23. The molecule has 0 aliphatic carbocycles. The van der Waals surface area contributed by atoms with Gasteiger partial charge in [-0.1, -0.05) is 42.5 Å². The normalized spacial score (nSPS) is 10.5. The Labute approximate surface area is 101 Å². The third kappa shape index (κ3) is 2.92. The lowest BCUT2D eigenvalue weighted by molar-refractivity contribution is 0.631. The van der Waals surface area contributed by atoms with Crippen molar-refractivity contribution in [3.63, 3.8) is 0 Å². The van der Waals surface area contributed by atoms with Crippen LogP contribution in [-0.4, -0.2) is 6.54 Å². The van der Waals surface area contributed by atoms with Crippen molar-refractivity contribution in [3.05, 3.63) is 59.9 Å². The fraction of sp³-hybridized carbons (Fsp3) is 0.200. The van der Waals surface area contributed by atoms with Crippen LogP contribution >= 0.6 is 0 Å². The van der Waals surface area contributed by atoms with Crippen molar-refractivity contribution < 1.29 is 4.39 Å². The third-order valence-electron chi connectivity index (χ3n) is 2.78. The highest BCUT2D eigenvalue weighted by atomic mass is 19.1. The van der Waals surface area contributed by atoms with E-state index >= 15 is 0 Å². The molecule has 2 aromatic rings. The first-order chi connectivity index (χ1) is 8.31. The van der Waals surface area contributed by atoms with Crippen molar-refractivity contribution >= 4 is 0 Å². The smallest absolute Gasteiger partial charge is 0.131 e. The van der Waals surface area contributed by atoms with Crippen molar-refractivity contribution in [2.45, 2.75) is 12.8 Å². The molecule has 2 aromatic carbocycles. The van der Waals surface area contributed by atoms with Gasteiger partial charge in [-0.05, 0) is 36.6 Å². The fourth-order valence-electron chi connectivity index (χ4n) is 1.90. The van der Waals surface area contributed by atoms with Crippen LogP contribution in [0.1, 0.15) is 12.0 Å². The Morgan fingerprint density at radius 1 is 1.00 bits per heavy atom. The SMILES string of the molecule is NCCCc1cccc(-c2ccccc2F)c1. The van der Waals surface area contributed by atoms with E-state index in [0.717, 1.165) is 18.4 Å². The number of halogens is 1. The van der Waals surface area contributed by atoms with Crippen LogP contribution in [0.5, 0.6) is 0 Å². The highest BCUT2D eigenvalue weighted by Gasteiger charge is 2.04. The minimum Gasteiger partial charge on any atom is -0.330 e. The molecule has 0 aliphatic heterocycles. The van der Waals surface area contributed by atoms with E-state index < -0.39 is 0 Å². The summed E-state index contributed by atoms with van der Waals surface area (Å²) in [4.78, 5) is 0. The second-order valence-corrected chi connectivity index (χ2v) is 4.07. The van der Waals surface area contributed by atoms with Gasteiger partial charge in [0.2, 0.25) is 0 Å². The summed E-state index contributed by atoms with van der Waals surface area (Å²) >= 11 is 0. The molecule has 0 amide bonds. The minimum absolute atomic E-state index is 0.177. The zero-order valence-electron chi connectivity index (χ0n) is 9.70. The van der Waals surface area contributed by atoms with Crippen LogP contribution in [0.25, 0.3) is 11.1 Å². The lowest BCUT2D eigenvalue weighted by Crippen LogP contribution is -2.00. The Morgan fingerprint density at radius 3 is 2.59 bits per heavy atom. The van der Waals surface area contributed by atoms with Gasteiger partial charge in [-0.25, -0.2) is 4.39 Å². The molecular weight excluding hydrogens is 213 g/mol. The van der Waals surface area contributed by atoms with Gasteiger partial charge >= 0.3 is 0 Å². The topological polar surface area (TPSA) is 26.0 Å². The molecule has 88 valence electrons. The molecule has 0 saturated carbocycles. The van der Waals surface area contributed by atoms with Crippen LogP contribution in [0.4, 0.5) is 4.39 Å². The Morgan fingerprint density at radius 2 is 1.82 bits per heavy atom. The molecule has 0 atom stereocenters. The number of hydrogen-bond acceptors (Lipinski definition) is 1. The lowest BCUT2D eigenvalue weighted by Gasteiger charge is -2.06. The van der Waals surface area contributed by atoms with Gasteiger partial charge in [0.05, 0.1) is 0 Å². The molecule has 2 heteroatoms. The van der Waals surface area contributed by atoms with Gasteiger partial charge in [0.1, 0.15) is 5.82 Å². The van der Waals surface area contributed by atoms with Crippen molar-refractivity contribution in [3.8, 4) is 11.1 Å². The zero-order valence-corrected chi connectivity index (χ0v) is 9.70. The molecule has 17 heavy (non-hydrogen) atoms. The molecule has 1 nitrogen and oxygen atoms in total. The predicted molar refractivity (Wildman–Crippen MR) is 69.2 cm³/mol. The van der Waals surface area contributed by atoms with Gasteiger partial charge in [-0.2, -0.15) is 0 Å². The van der Waals surface area contributed by atoms with Crippen molar-refractivity contribution in [1.29, 1.82) is 0 Å². The molecule has 0 heterocycles. The number of hydrogen-bond donors (Lipinski definition) is 1. The average Bonchev–Trinajstić information content (AvgIpc) is 2.37. The van der Waals surface area contributed by atoms with E-state index in [9.17, 15) is 4.39 Å². The first-order valence-corrected chi connectivity index (χ1v) is 5.85. The number of benzene rings is 2. The highest BCUT2D eigenvalue weighted by molar-refractivity contribution is 5.64. The minimum atomic E-state index is -0.177. The quantitative estimate of drug-likeness (QED) is 0.854. The van der Waals surface area contributed by atoms with E-state index in [2.05, 4.69) is 6.07 Å².